The normalized spacial score (nSPS) is 15.2. The summed E-state index contributed by atoms with van der Waals surface area (Å²) in [6, 6.07) is 4.12. The molecule has 3 heteroatoms. The van der Waals surface area contributed by atoms with E-state index in [0.29, 0.717) is 12.8 Å². The topological polar surface area (TPSA) is 26.0 Å². The molecule has 0 spiro atoms. The van der Waals surface area contributed by atoms with E-state index in [1.165, 1.54) is 4.88 Å². The number of thiophene rings is 1. The Morgan fingerprint density at radius 1 is 1.33 bits per heavy atom. The number of alkyl halides is 1. The highest BCUT2D eigenvalue weighted by Gasteiger charge is 2.27. The third-order valence-corrected chi connectivity index (χ3v) is 3.85. The van der Waals surface area contributed by atoms with Crippen LogP contribution in [0, 0.1) is 0 Å². The van der Waals surface area contributed by atoms with Crippen LogP contribution in [0.25, 0.3) is 0 Å². The molecule has 1 nitrogen and oxygen atoms in total. The van der Waals surface area contributed by atoms with Gasteiger partial charge < -0.3 is 5.73 Å². The van der Waals surface area contributed by atoms with Crippen LogP contribution in [0.3, 0.4) is 0 Å². The first-order chi connectivity index (χ1) is 7.13. The van der Waals surface area contributed by atoms with Crippen LogP contribution in [0.4, 0.5) is 4.39 Å². The lowest BCUT2D eigenvalue weighted by Crippen LogP contribution is -2.34. The molecule has 2 N–H and O–H groups in total. The second-order valence-electron chi connectivity index (χ2n) is 4.00. The molecule has 0 aliphatic heterocycles. The van der Waals surface area contributed by atoms with Gasteiger partial charge >= 0.3 is 0 Å². The Balaban J connectivity index is 2.65. The van der Waals surface area contributed by atoms with E-state index >= 15 is 0 Å². The Morgan fingerprint density at radius 2 is 2.00 bits per heavy atom. The molecule has 0 fully saturated rings. The van der Waals surface area contributed by atoms with Crippen molar-refractivity contribution in [2.45, 2.75) is 45.2 Å². The number of hydrogen-bond acceptors (Lipinski definition) is 2. The minimum absolute atomic E-state index is 0.125. The molecule has 0 bridgehead atoms. The summed E-state index contributed by atoms with van der Waals surface area (Å²) >= 11 is 1.71. The molecule has 0 aromatic carbocycles. The average molecular weight is 229 g/mol. The maximum absolute atomic E-state index is 14.2. The summed E-state index contributed by atoms with van der Waals surface area (Å²) in [6.07, 6.45) is 2.91. The van der Waals surface area contributed by atoms with Crippen LogP contribution in [0.5, 0.6) is 0 Å². The Hall–Kier alpha value is -0.410. The van der Waals surface area contributed by atoms with Crippen LogP contribution in [-0.2, 0) is 12.8 Å². The second-order valence-corrected chi connectivity index (χ2v) is 5.26. The fraction of sp³-hybridized carbons (Fsp3) is 0.667. The average Bonchev–Trinajstić information content (AvgIpc) is 2.66. The zero-order valence-electron chi connectivity index (χ0n) is 9.55. The highest BCUT2D eigenvalue weighted by atomic mass is 32.1. The summed E-state index contributed by atoms with van der Waals surface area (Å²) in [6.45, 7) is 4.24. The first kappa shape index (κ1) is 12.7. The summed E-state index contributed by atoms with van der Waals surface area (Å²) in [5.74, 6) is 0. The van der Waals surface area contributed by atoms with Gasteiger partial charge in [-0.3, -0.25) is 0 Å². The van der Waals surface area contributed by atoms with Crippen molar-refractivity contribution in [3.63, 3.8) is 0 Å². The zero-order chi connectivity index (χ0) is 11.3. The van der Waals surface area contributed by atoms with E-state index in [9.17, 15) is 4.39 Å². The van der Waals surface area contributed by atoms with Crippen LogP contribution in [0.1, 0.15) is 36.4 Å². The molecule has 0 aliphatic carbocycles. The standard InChI is InChI=1S/C12H20FNS/c1-3-7-12(13,9-14)8-11-6-5-10(4-2)15-11/h5-6H,3-4,7-9,14H2,1-2H3. The third kappa shape index (κ3) is 3.58. The maximum atomic E-state index is 14.2. The van der Waals surface area contributed by atoms with Crippen LogP contribution in [0.15, 0.2) is 12.1 Å². The summed E-state index contributed by atoms with van der Waals surface area (Å²) < 4.78 is 14.2. The van der Waals surface area contributed by atoms with Gasteiger partial charge in [0.25, 0.3) is 0 Å². The largest absolute Gasteiger partial charge is 0.328 e. The Kier molecular flexibility index (Phi) is 4.74. The molecular formula is C12H20FNS. The van der Waals surface area contributed by atoms with E-state index in [-0.39, 0.29) is 6.54 Å². The third-order valence-electron chi connectivity index (χ3n) is 2.62. The minimum atomic E-state index is -1.20. The Bertz CT molecular complexity index is 298. The number of rotatable bonds is 6. The van der Waals surface area contributed by atoms with E-state index in [4.69, 9.17) is 5.73 Å². The number of halogens is 1. The number of aryl methyl sites for hydroxylation is 1. The molecule has 1 rings (SSSR count). The summed E-state index contributed by atoms with van der Waals surface area (Å²) in [5.41, 5.74) is 4.31. The van der Waals surface area contributed by atoms with Crippen molar-refractivity contribution >= 4 is 11.3 Å². The minimum Gasteiger partial charge on any atom is -0.328 e. The van der Waals surface area contributed by atoms with Gasteiger partial charge in [-0.25, -0.2) is 4.39 Å². The first-order valence-electron chi connectivity index (χ1n) is 5.60. The van der Waals surface area contributed by atoms with Crippen LogP contribution in [-0.4, -0.2) is 12.2 Å². The van der Waals surface area contributed by atoms with Crippen molar-refractivity contribution in [2.75, 3.05) is 6.54 Å². The monoisotopic (exact) mass is 229 g/mol. The lowest BCUT2D eigenvalue weighted by atomic mass is 9.95. The lowest BCUT2D eigenvalue weighted by Gasteiger charge is -2.22. The van der Waals surface area contributed by atoms with Gasteiger partial charge in [-0.2, -0.15) is 0 Å². The first-order valence-corrected chi connectivity index (χ1v) is 6.41. The van der Waals surface area contributed by atoms with Gasteiger partial charge in [0.1, 0.15) is 5.67 Å². The second kappa shape index (κ2) is 5.61. The lowest BCUT2D eigenvalue weighted by molar-refractivity contribution is 0.159. The predicted molar refractivity (Wildman–Crippen MR) is 65.2 cm³/mol. The van der Waals surface area contributed by atoms with Gasteiger partial charge in [0.15, 0.2) is 0 Å². The smallest absolute Gasteiger partial charge is 0.128 e. The molecule has 0 radical (unpaired) electrons. The van der Waals surface area contributed by atoms with Crippen molar-refractivity contribution in [2.24, 2.45) is 5.73 Å². The van der Waals surface area contributed by atoms with Crippen LogP contribution < -0.4 is 5.73 Å². The van der Waals surface area contributed by atoms with Crippen molar-refractivity contribution < 1.29 is 4.39 Å². The van der Waals surface area contributed by atoms with Gasteiger partial charge in [-0.1, -0.05) is 20.3 Å². The molecule has 0 saturated heterocycles. The van der Waals surface area contributed by atoms with Gasteiger partial charge in [0.2, 0.25) is 0 Å². The predicted octanol–water partition coefficient (Wildman–Crippen LogP) is 3.32. The molecule has 0 saturated carbocycles. The van der Waals surface area contributed by atoms with Crippen molar-refractivity contribution in [3.05, 3.63) is 21.9 Å². The molecule has 0 aliphatic rings. The fourth-order valence-corrected chi connectivity index (χ4v) is 2.81. The maximum Gasteiger partial charge on any atom is 0.128 e. The fourth-order valence-electron chi connectivity index (χ4n) is 1.73. The molecule has 0 amide bonds. The van der Waals surface area contributed by atoms with Gasteiger partial charge in [-0.15, -0.1) is 11.3 Å². The zero-order valence-corrected chi connectivity index (χ0v) is 10.4. The molecule has 86 valence electrons. The van der Waals surface area contributed by atoms with Crippen molar-refractivity contribution in [1.82, 2.24) is 0 Å². The van der Waals surface area contributed by atoms with Gasteiger partial charge in [0, 0.05) is 22.7 Å². The SMILES string of the molecule is CCCC(F)(CN)Cc1ccc(CC)s1. The van der Waals surface area contributed by atoms with Gasteiger partial charge in [-0.05, 0) is 25.0 Å². The number of hydrogen-bond donors (Lipinski definition) is 1. The molecule has 1 heterocycles. The van der Waals surface area contributed by atoms with E-state index in [0.717, 1.165) is 17.7 Å². The molecule has 1 aromatic rings. The van der Waals surface area contributed by atoms with E-state index in [2.05, 4.69) is 13.0 Å². The summed E-state index contributed by atoms with van der Waals surface area (Å²) in [5, 5.41) is 0. The van der Waals surface area contributed by atoms with Crippen LogP contribution in [0.2, 0.25) is 0 Å². The van der Waals surface area contributed by atoms with Crippen molar-refractivity contribution in [1.29, 1.82) is 0 Å². The van der Waals surface area contributed by atoms with E-state index in [1.54, 1.807) is 11.3 Å². The highest BCUT2D eigenvalue weighted by molar-refractivity contribution is 7.12. The summed E-state index contributed by atoms with van der Waals surface area (Å²) in [4.78, 5) is 2.44. The summed E-state index contributed by atoms with van der Waals surface area (Å²) in [7, 11) is 0. The number of nitrogens with two attached hydrogens (primary N) is 1. The molecule has 1 aromatic heterocycles. The molecule has 1 atom stereocenters. The van der Waals surface area contributed by atoms with Crippen LogP contribution >= 0.6 is 11.3 Å². The Morgan fingerprint density at radius 3 is 2.47 bits per heavy atom. The molecule has 1 unspecified atom stereocenters. The van der Waals surface area contributed by atoms with E-state index < -0.39 is 5.67 Å². The Labute approximate surface area is 95.5 Å². The molecule has 15 heavy (non-hydrogen) atoms. The quantitative estimate of drug-likeness (QED) is 0.795. The molecular weight excluding hydrogens is 209 g/mol. The van der Waals surface area contributed by atoms with Crippen molar-refractivity contribution in [3.8, 4) is 0 Å². The van der Waals surface area contributed by atoms with E-state index in [1.807, 2.05) is 13.0 Å². The highest BCUT2D eigenvalue weighted by Crippen LogP contribution is 2.27. The van der Waals surface area contributed by atoms with Gasteiger partial charge in [0.05, 0.1) is 0 Å².